The van der Waals surface area contributed by atoms with Gasteiger partial charge < -0.3 is 10.4 Å². The Labute approximate surface area is 117 Å². The van der Waals surface area contributed by atoms with Crippen LogP contribution < -0.4 is 10.6 Å². The second-order valence-electron chi connectivity index (χ2n) is 5.52. The van der Waals surface area contributed by atoms with E-state index >= 15 is 0 Å². The number of carbonyl (C=O) groups excluding carboxylic acids is 2. The maximum atomic E-state index is 11.6. The van der Waals surface area contributed by atoms with Gasteiger partial charge in [0.05, 0.1) is 12.3 Å². The SMILES string of the molecule is CCC(O)c1cn(CC(=O)NC(=O)NC(C)(C)C)nn1. The van der Waals surface area contributed by atoms with Gasteiger partial charge in [-0.2, -0.15) is 0 Å². The topological polar surface area (TPSA) is 109 Å². The molecule has 0 bridgehead atoms. The van der Waals surface area contributed by atoms with Crippen LogP contribution >= 0.6 is 0 Å². The van der Waals surface area contributed by atoms with Gasteiger partial charge in [0.25, 0.3) is 0 Å². The molecule has 1 rings (SSSR count). The van der Waals surface area contributed by atoms with Crippen molar-refractivity contribution in [2.24, 2.45) is 0 Å². The molecule has 0 saturated carbocycles. The zero-order valence-electron chi connectivity index (χ0n) is 12.2. The third kappa shape index (κ3) is 5.35. The van der Waals surface area contributed by atoms with Crippen molar-refractivity contribution in [1.29, 1.82) is 0 Å². The van der Waals surface area contributed by atoms with Crippen molar-refractivity contribution < 1.29 is 14.7 Å². The molecule has 0 saturated heterocycles. The van der Waals surface area contributed by atoms with Gasteiger partial charge in [0, 0.05) is 5.54 Å². The minimum Gasteiger partial charge on any atom is -0.387 e. The number of nitrogens with one attached hydrogen (secondary N) is 2. The highest BCUT2D eigenvalue weighted by Gasteiger charge is 2.16. The van der Waals surface area contributed by atoms with Crippen molar-refractivity contribution in [3.63, 3.8) is 0 Å². The summed E-state index contributed by atoms with van der Waals surface area (Å²) in [4.78, 5) is 23.1. The predicted molar refractivity (Wildman–Crippen MR) is 71.7 cm³/mol. The van der Waals surface area contributed by atoms with E-state index in [1.54, 1.807) is 0 Å². The van der Waals surface area contributed by atoms with E-state index in [-0.39, 0.29) is 6.54 Å². The maximum absolute atomic E-state index is 11.6. The summed E-state index contributed by atoms with van der Waals surface area (Å²) < 4.78 is 1.27. The van der Waals surface area contributed by atoms with Crippen LogP contribution in [0.3, 0.4) is 0 Å². The van der Waals surface area contributed by atoms with E-state index in [1.165, 1.54) is 10.9 Å². The van der Waals surface area contributed by atoms with E-state index in [1.807, 2.05) is 27.7 Å². The Bertz CT molecular complexity index is 478. The Morgan fingerprint density at radius 2 is 2.10 bits per heavy atom. The molecule has 20 heavy (non-hydrogen) atoms. The van der Waals surface area contributed by atoms with E-state index in [4.69, 9.17) is 0 Å². The van der Waals surface area contributed by atoms with E-state index < -0.39 is 23.6 Å². The average molecular weight is 283 g/mol. The zero-order valence-corrected chi connectivity index (χ0v) is 12.2. The molecular weight excluding hydrogens is 262 g/mol. The van der Waals surface area contributed by atoms with Gasteiger partial charge >= 0.3 is 6.03 Å². The van der Waals surface area contributed by atoms with Crippen LogP contribution in [0, 0.1) is 0 Å². The number of aliphatic hydroxyl groups is 1. The largest absolute Gasteiger partial charge is 0.387 e. The normalized spacial score (nSPS) is 12.8. The van der Waals surface area contributed by atoms with Crippen molar-refractivity contribution in [2.75, 3.05) is 0 Å². The van der Waals surface area contributed by atoms with Gasteiger partial charge in [0.15, 0.2) is 0 Å². The smallest absolute Gasteiger partial charge is 0.321 e. The molecule has 0 aromatic carbocycles. The number of amides is 3. The van der Waals surface area contributed by atoms with Gasteiger partial charge in [-0.05, 0) is 27.2 Å². The fourth-order valence-corrected chi connectivity index (χ4v) is 1.44. The molecule has 1 atom stereocenters. The number of imide groups is 1. The first-order valence-corrected chi connectivity index (χ1v) is 6.41. The summed E-state index contributed by atoms with van der Waals surface area (Å²) in [7, 11) is 0. The highest BCUT2D eigenvalue weighted by molar-refractivity contribution is 5.94. The molecule has 112 valence electrons. The highest BCUT2D eigenvalue weighted by atomic mass is 16.3. The molecule has 1 aromatic heterocycles. The number of rotatable bonds is 4. The second-order valence-corrected chi connectivity index (χ2v) is 5.52. The number of urea groups is 1. The predicted octanol–water partition coefficient (Wildman–Crippen LogP) is 0.346. The quantitative estimate of drug-likeness (QED) is 0.738. The van der Waals surface area contributed by atoms with Gasteiger partial charge in [0.2, 0.25) is 5.91 Å². The third-order valence-corrected chi connectivity index (χ3v) is 2.33. The molecule has 1 heterocycles. The first-order chi connectivity index (χ1) is 9.21. The highest BCUT2D eigenvalue weighted by Crippen LogP contribution is 2.11. The average Bonchev–Trinajstić information content (AvgIpc) is 2.73. The number of carbonyl (C=O) groups is 2. The van der Waals surface area contributed by atoms with Crippen LogP contribution in [0.5, 0.6) is 0 Å². The van der Waals surface area contributed by atoms with Crippen molar-refractivity contribution >= 4 is 11.9 Å². The molecule has 0 aliphatic rings. The molecule has 1 aromatic rings. The third-order valence-electron chi connectivity index (χ3n) is 2.33. The summed E-state index contributed by atoms with van der Waals surface area (Å²) >= 11 is 0. The number of aromatic nitrogens is 3. The van der Waals surface area contributed by atoms with Crippen LogP contribution in [-0.2, 0) is 11.3 Å². The van der Waals surface area contributed by atoms with E-state index in [0.717, 1.165) is 0 Å². The van der Waals surface area contributed by atoms with Gasteiger partial charge in [0.1, 0.15) is 12.2 Å². The summed E-state index contributed by atoms with van der Waals surface area (Å²) in [5, 5.41) is 21.9. The summed E-state index contributed by atoms with van der Waals surface area (Å²) in [5.41, 5.74) is -0.0183. The van der Waals surface area contributed by atoms with Gasteiger partial charge in [-0.3, -0.25) is 10.1 Å². The summed E-state index contributed by atoms with van der Waals surface area (Å²) in [6, 6.07) is -0.559. The lowest BCUT2D eigenvalue weighted by atomic mass is 10.1. The van der Waals surface area contributed by atoms with E-state index in [0.29, 0.717) is 12.1 Å². The zero-order chi connectivity index (χ0) is 15.3. The minimum absolute atomic E-state index is 0.138. The molecule has 0 spiro atoms. The molecule has 3 N–H and O–H groups in total. The molecule has 8 heteroatoms. The number of hydrogen-bond donors (Lipinski definition) is 3. The Morgan fingerprint density at radius 1 is 1.45 bits per heavy atom. The summed E-state index contributed by atoms with van der Waals surface area (Å²) in [6.07, 6.45) is 1.30. The standard InChI is InChI=1S/C12H21N5O3/c1-5-9(18)8-6-17(16-15-8)7-10(19)13-11(20)14-12(2,3)4/h6,9,18H,5,7H2,1-4H3,(H2,13,14,19,20). The summed E-state index contributed by atoms with van der Waals surface area (Å²) in [6.45, 7) is 7.11. The molecule has 8 nitrogen and oxygen atoms in total. The lowest BCUT2D eigenvalue weighted by molar-refractivity contribution is -0.120. The number of hydrogen-bond acceptors (Lipinski definition) is 5. The number of nitrogens with zero attached hydrogens (tertiary/aromatic N) is 3. The molecular formula is C12H21N5O3. The van der Waals surface area contributed by atoms with Gasteiger partial charge in [-0.1, -0.05) is 12.1 Å². The van der Waals surface area contributed by atoms with Crippen molar-refractivity contribution in [2.45, 2.75) is 52.3 Å². The maximum Gasteiger partial charge on any atom is 0.321 e. The molecule has 1 unspecified atom stereocenters. The fraction of sp³-hybridized carbons (Fsp3) is 0.667. The minimum atomic E-state index is -0.698. The summed E-state index contributed by atoms with van der Waals surface area (Å²) in [5.74, 6) is -0.505. The second kappa shape index (κ2) is 6.47. The molecule has 0 aliphatic heterocycles. The van der Waals surface area contributed by atoms with Crippen LogP contribution in [0.2, 0.25) is 0 Å². The first kappa shape index (κ1) is 16.1. The molecule has 0 radical (unpaired) electrons. The van der Waals surface area contributed by atoms with Crippen LogP contribution in [0.4, 0.5) is 4.79 Å². The molecule has 0 fully saturated rings. The van der Waals surface area contributed by atoms with Crippen molar-refractivity contribution in [3.8, 4) is 0 Å². The Kier molecular flexibility index (Phi) is 5.20. The van der Waals surface area contributed by atoms with Crippen LogP contribution in [0.25, 0.3) is 0 Å². The van der Waals surface area contributed by atoms with Gasteiger partial charge in [-0.25, -0.2) is 9.48 Å². The lowest BCUT2D eigenvalue weighted by Gasteiger charge is -2.20. The fourth-order valence-electron chi connectivity index (χ4n) is 1.44. The van der Waals surface area contributed by atoms with E-state index in [2.05, 4.69) is 20.9 Å². The lowest BCUT2D eigenvalue weighted by Crippen LogP contribution is -2.48. The Balaban J connectivity index is 2.50. The first-order valence-electron chi connectivity index (χ1n) is 6.41. The van der Waals surface area contributed by atoms with Crippen LogP contribution in [0.15, 0.2) is 6.20 Å². The Hall–Kier alpha value is -1.96. The van der Waals surface area contributed by atoms with Gasteiger partial charge in [-0.15, -0.1) is 5.10 Å². The monoisotopic (exact) mass is 283 g/mol. The van der Waals surface area contributed by atoms with Crippen molar-refractivity contribution in [1.82, 2.24) is 25.6 Å². The van der Waals surface area contributed by atoms with Crippen molar-refractivity contribution in [3.05, 3.63) is 11.9 Å². The Morgan fingerprint density at radius 3 is 2.65 bits per heavy atom. The van der Waals surface area contributed by atoms with E-state index in [9.17, 15) is 14.7 Å². The van der Waals surface area contributed by atoms with Crippen LogP contribution in [0.1, 0.15) is 45.9 Å². The molecule has 3 amide bonds. The number of aliphatic hydroxyl groups excluding tert-OH is 1. The molecule has 0 aliphatic carbocycles. The van der Waals surface area contributed by atoms with Crippen LogP contribution in [-0.4, -0.2) is 37.6 Å².